The first-order chi connectivity index (χ1) is 6.58. The number of carbonyl (C=O) groups excluding carboxylic acids is 2. The van der Waals surface area contributed by atoms with Crippen LogP contribution in [0.15, 0.2) is 12.1 Å². The molecule has 0 bridgehead atoms. The van der Waals surface area contributed by atoms with Crippen LogP contribution >= 0.6 is 11.3 Å². The molecule has 0 unspecified atom stereocenters. The Balaban J connectivity index is 2.34. The topological polar surface area (TPSA) is 46.2 Å². The fraction of sp³-hybridized carbons (Fsp3) is 0.400. The van der Waals surface area contributed by atoms with Crippen molar-refractivity contribution >= 4 is 23.0 Å². The summed E-state index contributed by atoms with van der Waals surface area (Å²) in [5.41, 5.74) is 0. The van der Waals surface area contributed by atoms with Crippen LogP contribution in [0.5, 0.6) is 0 Å². The average Bonchev–Trinajstić information content (AvgIpc) is 2.47. The van der Waals surface area contributed by atoms with Crippen molar-refractivity contribution in [2.45, 2.75) is 26.8 Å². The van der Waals surface area contributed by atoms with Crippen molar-refractivity contribution in [1.82, 2.24) is 5.32 Å². The van der Waals surface area contributed by atoms with Crippen LogP contribution in [0.25, 0.3) is 0 Å². The van der Waals surface area contributed by atoms with E-state index < -0.39 is 0 Å². The van der Waals surface area contributed by atoms with E-state index in [-0.39, 0.29) is 18.1 Å². The van der Waals surface area contributed by atoms with Crippen molar-refractivity contribution in [2.24, 2.45) is 0 Å². The van der Waals surface area contributed by atoms with Crippen molar-refractivity contribution in [3.05, 3.63) is 21.9 Å². The smallest absolute Gasteiger partial charge is 0.227 e. The summed E-state index contributed by atoms with van der Waals surface area (Å²) in [6, 6.07) is 3.99. The number of Topliss-reactive ketones (excluding diaryl/α,β-unsaturated/α-hetero) is 1. The van der Waals surface area contributed by atoms with E-state index in [1.807, 2.05) is 19.1 Å². The van der Waals surface area contributed by atoms with Crippen LogP contribution in [0.3, 0.4) is 0 Å². The second kappa shape index (κ2) is 4.91. The number of aryl methyl sites for hydroxylation is 1. The molecule has 14 heavy (non-hydrogen) atoms. The van der Waals surface area contributed by atoms with Crippen LogP contribution in [-0.2, 0) is 16.1 Å². The first-order valence-corrected chi connectivity index (χ1v) is 5.21. The molecule has 0 aromatic carbocycles. The molecule has 1 aromatic rings. The third-order valence-electron chi connectivity index (χ3n) is 1.67. The summed E-state index contributed by atoms with van der Waals surface area (Å²) >= 11 is 1.65. The van der Waals surface area contributed by atoms with E-state index in [1.165, 1.54) is 11.8 Å². The zero-order valence-corrected chi connectivity index (χ0v) is 9.11. The minimum atomic E-state index is -0.205. The Labute approximate surface area is 87.1 Å². The van der Waals surface area contributed by atoms with Gasteiger partial charge in [-0.25, -0.2) is 0 Å². The summed E-state index contributed by atoms with van der Waals surface area (Å²) in [6.45, 7) is 3.95. The predicted octanol–water partition coefficient (Wildman–Crippen LogP) is 1.65. The number of hydrogen-bond donors (Lipinski definition) is 1. The maximum absolute atomic E-state index is 11.1. The van der Waals surface area contributed by atoms with Gasteiger partial charge in [-0.3, -0.25) is 9.59 Å². The van der Waals surface area contributed by atoms with Gasteiger partial charge < -0.3 is 5.32 Å². The highest BCUT2D eigenvalue weighted by molar-refractivity contribution is 7.11. The molecule has 1 rings (SSSR count). The van der Waals surface area contributed by atoms with Gasteiger partial charge in [0.15, 0.2) is 0 Å². The van der Waals surface area contributed by atoms with Crippen LogP contribution < -0.4 is 5.32 Å². The van der Waals surface area contributed by atoms with Gasteiger partial charge in [0.05, 0.1) is 13.0 Å². The molecule has 1 N–H and O–H groups in total. The molecular formula is C10H13NO2S. The van der Waals surface area contributed by atoms with Gasteiger partial charge in [-0.15, -0.1) is 11.3 Å². The van der Waals surface area contributed by atoms with Gasteiger partial charge in [0.2, 0.25) is 5.91 Å². The molecule has 3 nitrogen and oxygen atoms in total. The summed E-state index contributed by atoms with van der Waals surface area (Å²) in [4.78, 5) is 24.1. The largest absolute Gasteiger partial charge is 0.351 e. The molecule has 0 saturated carbocycles. The standard InChI is InChI=1S/C10H13NO2S/c1-7(12)5-10(13)11-6-9-4-3-8(2)14-9/h3-4H,5-6H2,1-2H3,(H,11,13). The van der Waals surface area contributed by atoms with Crippen molar-refractivity contribution in [3.8, 4) is 0 Å². The van der Waals surface area contributed by atoms with Gasteiger partial charge >= 0.3 is 0 Å². The second-order valence-corrected chi connectivity index (χ2v) is 4.54. The number of nitrogens with one attached hydrogen (secondary N) is 1. The summed E-state index contributed by atoms with van der Waals surface area (Å²) in [5.74, 6) is -0.312. The first-order valence-electron chi connectivity index (χ1n) is 4.39. The van der Waals surface area contributed by atoms with Gasteiger partial charge in [-0.05, 0) is 26.0 Å². The third-order valence-corrected chi connectivity index (χ3v) is 2.67. The van der Waals surface area contributed by atoms with E-state index >= 15 is 0 Å². The third kappa shape index (κ3) is 3.70. The zero-order valence-electron chi connectivity index (χ0n) is 8.29. The molecule has 0 atom stereocenters. The quantitative estimate of drug-likeness (QED) is 0.770. The Morgan fingerprint density at radius 2 is 2.14 bits per heavy atom. The fourth-order valence-electron chi connectivity index (χ4n) is 1.05. The average molecular weight is 211 g/mol. The molecule has 76 valence electrons. The highest BCUT2D eigenvalue weighted by Gasteiger charge is 2.04. The van der Waals surface area contributed by atoms with E-state index in [1.54, 1.807) is 11.3 Å². The van der Waals surface area contributed by atoms with Crippen molar-refractivity contribution < 1.29 is 9.59 Å². The minimum absolute atomic E-state index is 0.0235. The molecule has 0 fully saturated rings. The van der Waals surface area contributed by atoms with E-state index in [2.05, 4.69) is 5.32 Å². The van der Waals surface area contributed by atoms with Gasteiger partial charge in [0.1, 0.15) is 5.78 Å². The van der Waals surface area contributed by atoms with Crippen molar-refractivity contribution in [3.63, 3.8) is 0 Å². The molecule has 1 heterocycles. The van der Waals surface area contributed by atoms with E-state index in [0.29, 0.717) is 6.54 Å². The Bertz CT molecular complexity index is 344. The molecule has 0 saturated heterocycles. The molecule has 1 amide bonds. The lowest BCUT2D eigenvalue weighted by molar-refractivity contribution is -0.127. The van der Waals surface area contributed by atoms with Crippen molar-refractivity contribution in [2.75, 3.05) is 0 Å². The zero-order chi connectivity index (χ0) is 10.6. The second-order valence-electron chi connectivity index (χ2n) is 3.17. The summed E-state index contributed by atoms with van der Waals surface area (Å²) < 4.78 is 0. The van der Waals surface area contributed by atoms with Gasteiger partial charge in [-0.1, -0.05) is 0 Å². The van der Waals surface area contributed by atoms with Crippen LogP contribution in [0, 0.1) is 6.92 Å². The molecule has 0 aliphatic carbocycles. The fourth-order valence-corrected chi connectivity index (χ4v) is 1.88. The molecular weight excluding hydrogens is 198 g/mol. The molecule has 0 aliphatic rings. The normalized spacial score (nSPS) is 9.86. The van der Waals surface area contributed by atoms with Gasteiger partial charge in [0, 0.05) is 9.75 Å². The summed E-state index contributed by atoms with van der Waals surface area (Å²) in [7, 11) is 0. The van der Waals surface area contributed by atoms with Crippen LogP contribution in [0.2, 0.25) is 0 Å². The number of carbonyl (C=O) groups is 2. The molecule has 4 heteroatoms. The van der Waals surface area contributed by atoms with E-state index in [0.717, 1.165) is 4.88 Å². The van der Waals surface area contributed by atoms with Gasteiger partial charge in [0.25, 0.3) is 0 Å². The molecule has 1 aromatic heterocycles. The lowest BCUT2D eigenvalue weighted by atomic mass is 10.3. The molecule has 0 aliphatic heterocycles. The highest BCUT2D eigenvalue weighted by atomic mass is 32.1. The Morgan fingerprint density at radius 3 is 2.64 bits per heavy atom. The first kappa shape index (κ1) is 10.9. The van der Waals surface area contributed by atoms with E-state index in [4.69, 9.17) is 0 Å². The van der Waals surface area contributed by atoms with Gasteiger partial charge in [-0.2, -0.15) is 0 Å². The number of ketones is 1. The Hall–Kier alpha value is -1.16. The van der Waals surface area contributed by atoms with E-state index in [9.17, 15) is 9.59 Å². The van der Waals surface area contributed by atoms with Crippen LogP contribution in [0.1, 0.15) is 23.1 Å². The number of hydrogen-bond acceptors (Lipinski definition) is 3. The molecule has 0 spiro atoms. The summed E-state index contributed by atoms with van der Waals surface area (Å²) in [5, 5.41) is 2.69. The monoisotopic (exact) mass is 211 g/mol. The molecule has 0 radical (unpaired) electrons. The maximum Gasteiger partial charge on any atom is 0.227 e. The lowest BCUT2D eigenvalue weighted by Crippen LogP contribution is -2.23. The van der Waals surface area contributed by atoms with Crippen molar-refractivity contribution in [1.29, 1.82) is 0 Å². The highest BCUT2D eigenvalue weighted by Crippen LogP contribution is 2.14. The van der Waals surface area contributed by atoms with Crippen LogP contribution in [0.4, 0.5) is 0 Å². The number of amides is 1. The lowest BCUT2D eigenvalue weighted by Gasteiger charge is -2.00. The predicted molar refractivity (Wildman–Crippen MR) is 56.2 cm³/mol. The Morgan fingerprint density at radius 1 is 1.43 bits per heavy atom. The Kier molecular flexibility index (Phi) is 3.83. The summed E-state index contributed by atoms with van der Waals surface area (Å²) in [6.07, 6.45) is -0.0235. The maximum atomic E-state index is 11.1. The minimum Gasteiger partial charge on any atom is -0.351 e. The van der Waals surface area contributed by atoms with Crippen LogP contribution in [-0.4, -0.2) is 11.7 Å². The number of rotatable bonds is 4. The number of thiophene rings is 1. The SMILES string of the molecule is CC(=O)CC(=O)NCc1ccc(C)s1.